The molecule has 0 unspecified atom stereocenters. The largest absolute Gasteiger partial charge is 0.494 e. The lowest BCUT2D eigenvalue weighted by molar-refractivity contribution is -0.386. The maximum atomic E-state index is 13.4. The van der Waals surface area contributed by atoms with E-state index in [0.717, 1.165) is 12.1 Å². The highest BCUT2D eigenvalue weighted by Gasteiger charge is 2.83. The van der Waals surface area contributed by atoms with Crippen molar-refractivity contribution in [1.29, 1.82) is 0 Å². The lowest BCUT2D eigenvalue weighted by Gasteiger charge is -2.32. The third-order valence-electron chi connectivity index (χ3n) is 2.86. The average Bonchev–Trinajstić information content (AvgIpc) is 2.46. The molecule has 0 radical (unpaired) electrons. The molecule has 0 spiro atoms. The van der Waals surface area contributed by atoms with E-state index in [4.69, 9.17) is 4.74 Å². The van der Waals surface area contributed by atoms with E-state index in [-0.39, 0.29) is 12.4 Å². The fourth-order valence-electron chi connectivity index (χ4n) is 1.57. The minimum atomic E-state index is -7.11. The van der Waals surface area contributed by atoms with Crippen molar-refractivity contribution in [3.63, 3.8) is 0 Å². The van der Waals surface area contributed by atoms with E-state index in [1.807, 2.05) is 0 Å². The second kappa shape index (κ2) is 6.17. The molecule has 136 valence electrons. The predicted octanol–water partition coefficient (Wildman–Crippen LogP) is 4.74. The first-order valence-corrected chi connectivity index (χ1v) is 6.18. The molecular formula is C13H9F9O2. The van der Waals surface area contributed by atoms with E-state index in [1.54, 1.807) is 6.92 Å². The Morgan fingerprint density at radius 1 is 0.875 bits per heavy atom. The number of carbonyl (C=O) groups is 1. The van der Waals surface area contributed by atoms with Crippen molar-refractivity contribution in [1.82, 2.24) is 0 Å². The van der Waals surface area contributed by atoms with Crippen LogP contribution in [0.1, 0.15) is 17.3 Å². The standard InChI is InChI=1S/C13H9F9O2/c1-2-24-8-5-3-7(4-6-8)9(23)10(14,15)11(16,17)12(18,19)13(20,21)22/h3-6H,2H2,1H3. The topological polar surface area (TPSA) is 26.3 Å². The Morgan fingerprint density at radius 2 is 1.33 bits per heavy atom. The Bertz CT molecular complexity index is 590. The second-order valence-electron chi connectivity index (χ2n) is 4.51. The third kappa shape index (κ3) is 3.16. The molecule has 0 amide bonds. The van der Waals surface area contributed by atoms with E-state index in [0.29, 0.717) is 12.1 Å². The van der Waals surface area contributed by atoms with Crippen LogP contribution in [0.4, 0.5) is 39.5 Å². The number of hydrogen-bond donors (Lipinski definition) is 0. The SMILES string of the molecule is CCOc1ccc(C(=O)C(F)(F)C(F)(F)C(F)(F)C(F)(F)F)cc1. The summed E-state index contributed by atoms with van der Waals surface area (Å²) >= 11 is 0. The minimum Gasteiger partial charge on any atom is -0.494 e. The van der Waals surface area contributed by atoms with E-state index < -0.39 is 35.3 Å². The van der Waals surface area contributed by atoms with E-state index >= 15 is 0 Å². The minimum absolute atomic E-state index is 0.0461. The first-order chi connectivity index (χ1) is 10.7. The number of ketones is 1. The van der Waals surface area contributed by atoms with E-state index in [9.17, 15) is 44.3 Å². The van der Waals surface area contributed by atoms with Crippen molar-refractivity contribution in [2.75, 3.05) is 6.61 Å². The van der Waals surface area contributed by atoms with Crippen LogP contribution in [0, 0.1) is 0 Å². The Kier molecular flexibility index (Phi) is 5.17. The highest BCUT2D eigenvalue weighted by molar-refractivity contribution is 6.02. The number of ether oxygens (including phenoxy) is 1. The molecule has 1 rings (SSSR count). The van der Waals surface area contributed by atoms with Gasteiger partial charge in [-0.15, -0.1) is 0 Å². The molecule has 0 heterocycles. The molecule has 1 aromatic rings. The molecule has 0 bridgehead atoms. The first-order valence-electron chi connectivity index (χ1n) is 6.18. The van der Waals surface area contributed by atoms with Gasteiger partial charge in [-0.05, 0) is 31.2 Å². The summed E-state index contributed by atoms with van der Waals surface area (Å²) in [5, 5.41) is 0. The van der Waals surface area contributed by atoms with Gasteiger partial charge in [0.15, 0.2) is 0 Å². The molecule has 0 N–H and O–H groups in total. The lowest BCUT2D eigenvalue weighted by atomic mass is 9.96. The van der Waals surface area contributed by atoms with E-state index in [2.05, 4.69) is 0 Å². The zero-order valence-electron chi connectivity index (χ0n) is 11.7. The Balaban J connectivity index is 3.24. The molecule has 1 aromatic carbocycles. The van der Waals surface area contributed by atoms with Gasteiger partial charge in [-0.3, -0.25) is 4.79 Å². The van der Waals surface area contributed by atoms with Crippen molar-refractivity contribution < 1.29 is 49.0 Å². The number of halogens is 9. The summed E-state index contributed by atoms with van der Waals surface area (Å²) in [5.74, 6) is -23.2. The van der Waals surface area contributed by atoms with Gasteiger partial charge in [0.25, 0.3) is 0 Å². The van der Waals surface area contributed by atoms with Crippen molar-refractivity contribution in [3.8, 4) is 5.75 Å². The molecule has 0 aliphatic rings. The highest BCUT2D eigenvalue weighted by Crippen LogP contribution is 2.53. The van der Waals surface area contributed by atoms with Crippen LogP contribution < -0.4 is 4.74 Å². The fraction of sp³-hybridized carbons (Fsp3) is 0.462. The van der Waals surface area contributed by atoms with Crippen molar-refractivity contribution >= 4 is 5.78 Å². The van der Waals surface area contributed by atoms with Gasteiger partial charge in [-0.1, -0.05) is 0 Å². The Labute approximate surface area is 129 Å². The van der Waals surface area contributed by atoms with Gasteiger partial charge in [0.1, 0.15) is 5.75 Å². The van der Waals surface area contributed by atoms with Gasteiger partial charge < -0.3 is 4.74 Å². The van der Waals surface area contributed by atoms with E-state index in [1.165, 1.54) is 0 Å². The zero-order chi connectivity index (χ0) is 19.0. The zero-order valence-corrected chi connectivity index (χ0v) is 11.7. The van der Waals surface area contributed by atoms with Crippen LogP contribution >= 0.6 is 0 Å². The molecular weight excluding hydrogens is 359 g/mol. The summed E-state index contributed by atoms with van der Waals surface area (Å²) in [5.41, 5.74) is -1.18. The van der Waals surface area contributed by atoms with Crippen LogP contribution in [-0.2, 0) is 0 Å². The molecule has 0 fully saturated rings. The van der Waals surface area contributed by atoms with Gasteiger partial charge in [0, 0.05) is 5.56 Å². The Hall–Kier alpha value is -1.94. The molecule has 0 saturated heterocycles. The van der Waals surface area contributed by atoms with Crippen LogP contribution in [0.15, 0.2) is 24.3 Å². The summed E-state index contributed by atoms with van der Waals surface area (Å²) in [4.78, 5) is 11.4. The monoisotopic (exact) mass is 368 g/mol. The van der Waals surface area contributed by atoms with Gasteiger partial charge in [0.2, 0.25) is 5.78 Å². The molecule has 2 nitrogen and oxygen atoms in total. The summed E-state index contributed by atoms with van der Waals surface area (Å²) < 4.78 is 119. The quantitative estimate of drug-likeness (QED) is 0.536. The maximum absolute atomic E-state index is 13.4. The smallest absolute Gasteiger partial charge is 0.460 e. The predicted molar refractivity (Wildman–Crippen MR) is 62.8 cm³/mol. The fourth-order valence-corrected chi connectivity index (χ4v) is 1.57. The van der Waals surface area contributed by atoms with Crippen molar-refractivity contribution in [2.45, 2.75) is 30.9 Å². The first kappa shape index (κ1) is 20.1. The Morgan fingerprint density at radius 3 is 1.71 bits per heavy atom. The molecule has 0 aliphatic carbocycles. The molecule has 11 heteroatoms. The van der Waals surface area contributed by atoms with Gasteiger partial charge in [-0.2, -0.15) is 39.5 Å². The van der Waals surface area contributed by atoms with Crippen molar-refractivity contribution in [3.05, 3.63) is 29.8 Å². The number of rotatable bonds is 6. The van der Waals surface area contributed by atoms with Crippen LogP contribution in [0.5, 0.6) is 5.75 Å². The number of carbonyl (C=O) groups excluding carboxylic acids is 1. The van der Waals surface area contributed by atoms with Crippen LogP contribution in [0.2, 0.25) is 0 Å². The van der Waals surface area contributed by atoms with Crippen molar-refractivity contribution in [2.24, 2.45) is 0 Å². The van der Waals surface area contributed by atoms with Crippen LogP contribution in [-0.4, -0.2) is 36.3 Å². The normalized spacial score (nSPS) is 13.8. The lowest BCUT2D eigenvalue weighted by Crippen LogP contribution is -2.63. The summed E-state index contributed by atoms with van der Waals surface area (Å²) in [6.45, 7) is 1.69. The molecule has 0 aromatic heterocycles. The van der Waals surface area contributed by atoms with Gasteiger partial charge in [0.05, 0.1) is 6.61 Å². The second-order valence-corrected chi connectivity index (χ2v) is 4.51. The average molecular weight is 368 g/mol. The van der Waals surface area contributed by atoms with Crippen LogP contribution in [0.25, 0.3) is 0 Å². The maximum Gasteiger partial charge on any atom is 0.460 e. The molecule has 0 atom stereocenters. The van der Waals surface area contributed by atoms with Gasteiger partial charge in [-0.25, -0.2) is 0 Å². The number of Topliss-reactive ketones (excluding diaryl/α,β-unsaturated/α-hetero) is 1. The third-order valence-corrected chi connectivity index (χ3v) is 2.86. The molecule has 0 aliphatic heterocycles. The molecule has 0 saturated carbocycles. The number of alkyl halides is 9. The van der Waals surface area contributed by atoms with Gasteiger partial charge >= 0.3 is 23.9 Å². The highest BCUT2D eigenvalue weighted by atomic mass is 19.4. The summed E-state index contributed by atoms with van der Waals surface area (Å²) in [7, 11) is 0. The number of benzene rings is 1. The summed E-state index contributed by atoms with van der Waals surface area (Å²) in [6.07, 6.45) is -6.97. The molecule has 24 heavy (non-hydrogen) atoms. The van der Waals surface area contributed by atoms with Crippen LogP contribution in [0.3, 0.4) is 0 Å². The summed E-state index contributed by atoms with van der Waals surface area (Å²) in [6, 6.07) is 2.88. The number of hydrogen-bond acceptors (Lipinski definition) is 2.